The van der Waals surface area contributed by atoms with Crippen molar-refractivity contribution in [2.24, 2.45) is 0 Å². The third kappa shape index (κ3) is 4.20. The van der Waals surface area contributed by atoms with E-state index in [1.54, 1.807) is 30.3 Å². The summed E-state index contributed by atoms with van der Waals surface area (Å²) in [6.07, 6.45) is -4.59. The minimum absolute atomic E-state index is 0.128. The molecule has 0 radical (unpaired) electrons. The molecule has 0 fully saturated rings. The van der Waals surface area contributed by atoms with Crippen LogP contribution < -0.4 is 9.47 Å². The number of nitriles is 1. The van der Waals surface area contributed by atoms with Crippen molar-refractivity contribution in [3.63, 3.8) is 0 Å². The number of alkyl halides is 3. The van der Waals surface area contributed by atoms with Gasteiger partial charge in [0.2, 0.25) is 11.6 Å². The van der Waals surface area contributed by atoms with Crippen LogP contribution in [0.5, 0.6) is 17.5 Å². The highest BCUT2D eigenvalue weighted by Gasteiger charge is 2.33. The predicted octanol–water partition coefficient (Wildman–Crippen LogP) is 5.68. The number of benzene rings is 1. The number of ether oxygens (including phenoxy) is 2. The Morgan fingerprint density at radius 1 is 1.07 bits per heavy atom. The average Bonchev–Trinajstić information content (AvgIpc) is 3.13. The molecule has 10 heteroatoms. The quantitative estimate of drug-likeness (QED) is 0.506. The van der Waals surface area contributed by atoms with E-state index in [2.05, 4.69) is 4.98 Å². The van der Waals surface area contributed by atoms with Crippen LogP contribution in [0.1, 0.15) is 16.0 Å². The topological polar surface area (TPSA) is 55.1 Å². The Kier molecular flexibility index (Phi) is 5.46. The molecule has 2 heterocycles. The Labute approximate surface area is 159 Å². The van der Waals surface area contributed by atoms with E-state index < -0.39 is 40.0 Å². The van der Waals surface area contributed by atoms with E-state index >= 15 is 0 Å². The molecule has 0 aliphatic rings. The molecular weight excluding hydrogens is 403 g/mol. The zero-order valence-corrected chi connectivity index (χ0v) is 14.6. The fraction of sp³-hybridized carbons (Fsp3) is 0.111. The van der Waals surface area contributed by atoms with Crippen molar-refractivity contribution in [3.05, 3.63) is 69.4 Å². The standard InChI is InChI=1S/C18H9F5N2O2S/c19-14-12(7-24)15(20)17(27-11-6-13(28-9-11)18(21,22)23)25-16(14)26-8-10-4-2-1-3-5-10/h1-6,9H,8H2. The van der Waals surface area contributed by atoms with Gasteiger partial charge in [0.05, 0.1) is 0 Å². The summed E-state index contributed by atoms with van der Waals surface area (Å²) in [5, 5.41) is 9.98. The number of halogens is 5. The smallest absolute Gasteiger partial charge is 0.425 e. The summed E-state index contributed by atoms with van der Waals surface area (Å²) >= 11 is 0.336. The number of aromatic nitrogens is 1. The maximum absolute atomic E-state index is 14.3. The van der Waals surface area contributed by atoms with Gasteiger partial charge in [-0.25, -0.2) is 0 Å². The second kappa shape index (κ2) is 7.82. The molecule has 3 rings (SSSR count). The zero-order valence-electron chi connectivity index (χ0n) is 13.8. The third-order valence-electron chi connectivity index (χ3n) is 3.42. The fourth-order valence-corrected chi connectivity index (χ4v) is 2.80. The zero-order chi connectivity index (χ0) is 20.3. The van der Waals surface area contributed by atoms with E-state index in [0.29, 0.717) is 23.0 Å². The van der Waals surface area contributed by atoms with Crippen LogP contribution in [0.2, 0.25) is 0 Å². The first-order chi connectivity index (χ1) is 13.3. The van der Waals surface area contributed by atoms with E-state index in [0.717, 1.165) is 5.38 Å². The van der Waals surface area contributed by atoms with Gasteiger partial charge in [-0.05, 0) is 5.56 Å². The first-order valence-electron chi connectivity index (χ1n) is 7.59. The molecular formula is C18H9F5N2O2S. The number of pyridine rings is 1. The molecule has 4 nitrogen and oxygen atoms in total. The molecule has 3 aromatic rings. The van der Waals surface area contributed by atoms with Crippen LogP contribution in [0, 0.1) is 23.0 Å². The summed E-state index contributed by atoms with van der Waals surface area (Å²) in [6.45, 7) is -0.128. The first kappa shape index (κ1) is 19.6. The van der Waals surface area contributed by atoms with Crippen molar-refractivity contribution in [2.75, 3.05) is 0 Å². The molecule has 0 atom stereocenters. The van der Waals surface area contributed by atoms with Gasteiger partial charge in [-0.2, -0.15) is 32.2 Å². The summed E-state index contributed by atoms with van der Waals surface area (Å²) < 4.78 is 76.7. The number of nitrogens with zero attached hydrogens (tertiary/aromatic N) is 2. The van der Waals surface area contributed by atoms with E-state index in [4.69, 9.17) is 14.7 Å². The third-order valence-corrected chi connectivity index (χ3v) is 4.37. The molecule has 0 amide bonds. The molecule has 0 unspecified atom stereocenters. The van der Waals surface area contributed by atoms with Crippen molar-refractivity contribution in [1.82, 2.24) is 4.98 Å². The maximum atomic E-state index is 14.3. The van der Waals surface area contributed by atoms with Gasteiger partial charge in [-0.15, -0.1) is 11.3 Å². The lowest BCUT2D eigenvalue weighted by atomic mass is 10.2. The van der Waals surface area contributed by atoms with E-state index in [1.807, 2.05) is 0 Å². The van der Waals surface area contributed by atoms with Gasteiger partial charge in [0.25, 0.3) is 11.8 Å². The number of rotatable bonds is 5. The van der Waals surface area contributed by atoms with Gasteiger partial charge in [0.15, 0.2) is 0 Å². The Balaban J connectivity index is 1.90. The largest absolute Gasteiger partial charge is 0.471 e. The van der Waals surface area contributed by atoms with Gasteiger partial charge < -0.3 is 9.47 Å². The van der Waals surface area contributed by atoms with Gasteiger partial charge in [-0.1, -0.05) is 30.3 Å². The highest BCUT2D eigenvalue weighted by molar-refractivity contribution is 7.10. The Morgan fingerprint density at radius 2 is 1.75 bits per heavy atom. The van der Waals surface area contributed by atoms with E-state index in [9.17, 15) is 22.0 Å². The van der Waals surface area contributed by atoms with Crippen molar-refractivity contribution < 1.29 is 31.4 Å². The monoisotopic (exact) mass is 412 g/mol. The lowest BCUT2D eigenvalue weighted by Gasteiger charge is -2.11. The molecule has 0 saturated carbocycles. The van der Waals surface area contributed by atoms with Crippen molar-refractivity contribution >= 4 is 11.3 Å². The van der Waals surface area contributed by atoms with Gasteiger partial charge in [0, 0.05) is 11.4 Å². The lowest BCUT2D eigenvalue weighted by molar-refractivity contribution is -0.134. The summed E-state index contributed by atoms with van der Waals surface area (Å²) in [7, 11) is 0. The maximum Gasteiger partial charge on any atom is 0.425 e. The minimum Gasteiger partial charge on any atom is -0.471 e. The summed E-state index contributed by atoms with van der Waals surface area (Å²) in [5.74, 6) is -4.69. The Hall–Kier alpha value is -3.19. The Bertz CT molecular complexity index is 1030. The van der Waals surface area contributed by atoms with Crippen molar-refractivity contribution in [3.8, 4) is 23.6 Å². The second-order valence-electron chi connectivity index (χ2n) is 5.36. The molecule has 0 bridgehead atoms. The van der Waals surface area contributed by atoms with Crippen LogP contribution in [0.25, 0.3) is 0 Å². The lowest BCUT2D eigenvalue weighted by Crippen LogP contribution is -2.05. The number of thiophene rings is 1. The van der Waals surface area contributed by atoms with Crippen LogP contribution in [0.4, 0.5) is 22.0 Å². The van der Waals surface area contributed by atoms with Gasteiger partial charge in [-0.3, -0.25) is 0 Å². The van der Waals surface area contributed by atoms with Crippen molar-refractivity contribution in [2.45, 2.75) is 12.8 Å². The summed E-state index contributed by atoms with van der Waals surface area (Å²) in [4.78, 5) is 2.57. The van der Waals surface area contributed by atoms with Crippen LogP contribution >= 0.6 is 11.3 Å². The fourth-order valence-electron chi connectivity index (χ4n) is 2.12. The predicted molar refractivity (Wildman–Crippen MR) is 89.0 cm³/mol. The van der Waals surface area contributed by atoms with E-state index in [-0.39, 0.29) is 12.4 Å². The molecule has 0 aliphatic heterocycles. The van der Waals surface area contributed by atoms with Crippen molar-refractivity contribution in [1.29, 1.82) is 5.26 Å². The number of hydrogen-bond donors (Lipinski definition) is 0. The first-order valence-corrected chi connectivity index (χ1v) is 8.47. The second-order valence-corrected chi connectivity index (χ2v) is 6.27. The van der Waals surface area contributed by atoms with Crippen LogP contribution in [-0.4, -0.2) is 4.98 Å². The van der Waals surface area contributed by atoms with Crippen LogP contribution in [-0.2, 0) is 12.8 Å². The molecule has 0 aliphatic carbocycles. The Morgan fingerprint density at radius 3 is 2.36 bits per heavy atom. The van der Waals surface area contributed by atoms with Crippen LogP contribution in [0.3, 0.4) is 0 Å². The average molecular weight is 412 g/mol. The molecule has 0 N–H and O–H groups in total. The molecule has 0 saturated heterocycles. The van der Waals surface area contributed by atoms with Gasteiger partial charge >= 0.3 is 6.18 Å². The SMILES string of the molecule is N#Cc1c(F)c(OCc2ccccc2)nc(Oc2csc(C(F)(F)F)c2)c1F. The molecule has 28 heavy (non-hydrogen) atoms. The molecule has 0 spiro atoms. The van der Waals surface area contributed by atoms with E-state index in [1.165, 1.54) is 6.07 Å². The summed E-state index contributed by atoms with van der Waals surface area (Å²) in [5.41, 5.74) is -0.360. The summed E-state index contributed by atoms with van der Waals surface area (Å²) in [6, 6.07) is 10.6. The highest BCUT2D eigenvalue weighted by Crippen LogP contribution is 2.38. The molecule has 2 aromatic heterocycles. The van der Waals surface area contributed by atoms with Crippen LogP contribution in [0.15, 0.2) is 41.8 Å². The normalized spacial score (nSPS) is 11.1. The molecule has 144 valence electrons. The highest BCUT2D eigenvalue weighted by atomic mass is 32.1. The minimum atomic E-state index is -4.59. The molecule has 1 aromatic carbocycles. The number of hydrogen-bond acceptors (Lipinski definition) is 5. The van der Waals surface area contributed by atoms with Gasteiger partial charge in [0.1, 0.15) is 28.9 Å².